The number of amides is 1. The monoisotopic (exact) mass is 486 g/mol. The Morgan fingerprint density at radius 2 is 1.52 bits per heavy atom. The van der Waals surface area contributed by atoms with Crippen LogP contribution in [0, 0.1) is 0 Å². The number of anilines is 1. The molecule has 1 N–H and O–H groups in total. The average molecular weight is 487 g/mol. The first kappa shape index (κ1) is 25.2. The van der Waals surface area contributed by atoms with Gasteiger partial charge in [0.05, 0.1) is 31.3 Å². The first-order valence-electron chi connectivity index (χ1n) is 10.9. The van der Waals surface area contributed by atoms with E-state index in [9.17, 15) is 4.79 Å². The average Bonchev–Trinajstić information content (AvgIpc) is 2.80. The number of halogens is 1. The minimum atomic E-state index is -1.80. The van der Waals surface area contributed by atoms with Crippen LogP contribution in [-0.2, 0) is 13.7 Å². The lowest BCUT2D eigenvalue weighted by Gasteiger charge is -2.50. The van der Waals surface area contributed by atoms with Crippen molar-refractivity contribution in [1.29, 1.82) is 0 Å². The maximum atomic E-state index is 12.1. The molecule has 0 saturated heterocycles. The third-order valence-electron chi connectivity index (χ3n) is 4.97. The zero-order chi connectivity index (χ0) is 23.7. The summed E-state index contributed by atoms with van der Waals surface area (Å²) in [6.45, 7) is 7.79. The number of nitrogens with one attached hydrogen (secondary N) is 1. The molecule has 0 fully saturated rings. The molecule has 2 aromatic carbocycles. The molecule has 5 nitrogen and oxygen atoms in total. The van der Waals surface area contributed by atoms with E-state index in [2.05, 4.69) is 79.6 Å². The van der Waals surface area contributed by atoms with Crippen molar-refractivity contribution in [3.8, 4) is 0 Å². The highest BCUT2D eigenvalue weighted by molar-refractivity contribution is 8.31. The summed E-state index contributed by atoms with van der Waals surface area (Å²) in [7, 11) is -1.80. The van der Waals surface area contributed by atoms with E-state index in [1.165, 1.54) is 16.0 Å². The number of pyridine rings is 1. The van der Waals surface area contributed by atoms with E-state index in [1.807, 2.05) is 12.1 Å². The van der Waals surface area contributed by atoms with E-state index in [1.54, 1.807) is 12.1 Å². The number of ether oxygens (including phenoxy) is 1. The van der Waals surface area contributed by atoms with Gasteiger partial charge in [0.25, 0.3) is 0 Å². The fraction of sp³-hybridized carbons (Fsp3) is 0.308. The molecule has 0 aliphatic carbocycles. The van der Waals surface area contributed by atoms with Crippen molar-refractivity contribution in [1.82, 2.24) is 4.98 Å². The summed E-state index contributed by atoms with van der Waals surface area (Å²) in [4.78, 5) is 18.5. The molecule has 3 rings (SSSR count). The van der Waals surface area contributed by atoms with Crippen molar-refractivity contribution in [2.45, 2.75) is 41.7 Å². The number of aromatic nitrogens is 1. The minimum absolute atomic E-state index is 0.138. The molecule has 0 atom stereocenters. The highest BCUT2D eigenvalue weighted by atomic mass is 35.5. The molecule has 0 aliphatic rings. The van der Waals surface area contributed by atoms with Gasteiger partial charge in [0.15, 0.2) is 0 Å². The van der Waals surface area contributed by atoms with Crippen LogP contribution < -0.4 is 5.32 Å². The molecule has 1 amide bonds. The van der Waals surface area contributed by atoms with Crippen molar-refractivity contribution in [2.75, 3.05) is 25.1 Å². The fourth-order valence-electron chi connectivity index (χ4n) is 3.52. The third-order valence-corrected chi connectivity index (χ3v) is 9.31. The molecule has 33 heavy (non-hydrogen) atoms. The lowest BCUT2D eigenvalue weighted by Crippen LogP contribution is -2.29. The molecule has 0 saturated carbocycles. The number of carbonyl (C=O) groups is 1. The van der Waals surface area contributed by atoms with Gasteiger partial charge in [-0.3, -0.25) is 4.79 Å². The summed E-state index contributed by atoms with van der Waals surface area (Å²) in [5, 5.41) is 3.26. The summed E-state index contributed by atoms with van der Waals surface area (Å²) >= 11 is 5.81. The van der Waals surface area contributed by atoms with E-state index < -0.39 is 10.3 Å². The van der Waals surface area contributed by atoms with Crippen LogP contribution in [0.1, 0.15) is 27.2 Å². The van der Waals surface area contributed by atoms with Crippen LogP contribution in [0.4, 0.5) is 5.82 Å². The van der Waals surface area contributed by atoms with Gasteiger partial charge in [-0.05, 0) is 57.2 Å². The number of hydrogen-bond donors (Lipinski definition) is 1. The van der Waals surface area contributed by atoms with Crippen LogP contribution in [-0.4, -0.2) is 35.5 Å². The van der Waals surface area contributed by atoms with Crippen molar-refractivity contribution < 1.29 is 13.7 Å². The number of carbonyl (C=O) groups excluding carboxylic acids is 1. The number of benzene rings is 2. The summed E-state index contributed by atoms with van der Waals surface area (Å²) in [5.74, 6) is 0.311. The molecular formula is C26H31ClN2O3S. The minimum Gasteiger partial charge on any atom is -0.378 e. The molecule has 1 aromatic heterocycles. The zero-order valence-electron chi connectivity index (χ0n) is 19.3. The van der Waals surface area contributed by atoms with E-state index >= 15 is 0 Å². The van der Waals surface area contributed by atoms with Crippen LogP contribution in [0.5, 0.6) is 0 Å². The van der Waals surface area contributed by atoms with Crippen LogP contribution in [0.2, 0.25) is 5.02 Å². The maximum Gasteiger partial charge on any atom is 0.227 e. The van der Waals surface area contributed by atoms with Crippen molar-refractivity contribution in [2.24, 2.45) is 0 Å². The number of hydrogen-bond acceptors (Lipinski definition) is 4. The fourth-order valence-corrected chi connectivity index (χ4v) is 7.34. The largest absolute Gasteiger partial charge is 0.378 e. The Bertz CT molecular complexity index is 970. The van der Waals surface area contributed by atoms with Gasteiger partial charge in [-0.25, -0.2) is 4.98 Å². The molecule has 7 heteroatoms. The smallest absolute Gasteiger partial charge is 0.227 e. The van der Waals surface area contributed by atoms with Crippen LogP contribution in [0.15, 0.2) is 88.8 Å². The first-order valence-corrected chi connectivity index (χ1v) is 12.8. The second-order valence-corrected chi connectivity index (χ2v) is 12.3. The van der Waals surface area contributed by atoms with Gasteiger partial charge < -0.3 is 14.2 Å². The van der Waals surface area contributed by atoms with E-state index in [0.29, 0.717) is 30.7 Å². The molecule has 0 unspecified atom stereocenters. The zero-order valence-corrected chi connectivity index (χ0v) is 20.9. The van der Waals surface area contributed by atoms with Crippen LogP contribution in [0.25, 0.3) is 0 Å². The molecule has 0 spiro atoms. The van der Waals surface area contributed by atoms with Gasteiger partial charge >= 0.3 is 0 Å². The van der Waals surface area contributed by atoms with Gasteiger partial charge in [-0.2, -0.15) is 0 Å². The number of rotatable bonds is 10. The lowest BCUT2D eigenvalue weighted by atomic mass is 10.3. The highest BCUT2D eigenvalue weighted by Crippen LogP contribution is 2.71. The Balaban J connectivity index is 1.59. The molecule has 1 heterocycles. The third kappa shape index (κ3) is 6.58. The summed E-state index contributed by atoms with van der Waals surface area (Å²) in [6.07, 6.45) is 1.73. The SMILES string of the molecule is CC(C)(C)S(OCCOCCC(=O)Nc1ccc(Cl)cn1)(c1ccccc1)c1ccccc1. The Morgan fingerprint density at radius 3 is 2.03 bits per heavy atom. The van der Waals surface area contributed by atoms with Gasteiger partial charge in [-0.15, -0.1) is 0 Å². The van der Waals surface area contributed by atoms with Gasteiger partial charge in [0, 0.05) is 20.7 Å². The summed E-state index contributed by atoms with van der Waals surface area (Å²) in [5.41, 5.74) is 0. The second kappa shape index (κ2) is 11.7. The standard InChI is InChI=1S/C26H31ClN2O3S/c1-26(2,3)33(22-10-6-4-7-11-22,23-12-8-5-9-13-23)32-19-18-31-17-16-25(30)29-24-15-14-21(27)20-28-24/h4-15,20H,16-19H2,1-3H3,(H,28,29,30). The first-order chi connectivity index (χ1) is 15.8. The second-order valence-electron chi connectivity index (χ2n) is 8.39. The topological polar surface area (TPSA) is 60.5 Å². The lowest BCUT2D eigenvalue weighted by molar-refractivity contribution is -0.117. The highest BCUT2D eigenvalue weighted by Gasteiger charge is 2.41. The molecule has 0 aliphatic heterocycles. The van der Waals surface area contributed by atoms with E-state index in [0.717, 1.165) is 0 Å². The van der Waals surface area contributed by atoms with Crippen molar-refractivity contribution in [3.05, 3.63) is 84.0 Å². The predicted molar refractivity (Wildman–Crippen MR) is 136 cm³/mol. The van der Waals surface area contributed by atoms with Crippen LogP contribution in [0.3, 0.4) is 0 Å². The normalized spacial score (nSPS) is 12.4. The molecule has 3 aromatic rings. The Morgan fingerprint density at radius 1 is 0.909 bits per heavy atom. The maximum absolute atomic E-state index is 12.1. The molecular weight excluding hydrogens is 456 g/mol. The molecule has 176 valence electrons. The van der Waals surface area contributed by atoms with E-state index in [-0.39, 0.29) is 17.1 Å². The van der Waals surface area contributed by atoms with Crippen molar-refractivity contribution >= 4 is 33.6 Å². The molecule has 0 bridgehead atoms. The number of nitrogens with zero attached hydrogens (tertiary/aromatic N) is 1. The summed E-state index contributed by atoms with van der Waals surface area (Å²) in [6, 6.07) is 24.2. The predicted octanol–water partition coefficient (Wildman–Crippen LogP) is 6.73. The van der Waals surface area contributed by atoms with Crippen LogP contribution >= 0.6 is 21.9 Å². The van der Waals surface area contributed by atoms with Gasteiger partial charge in [0.1, 0.15) is 5.82 Å². The Hall–Kier alpha value is -2.38. The Kier molecular flexibility index (Phi) is 8.92. The Labute approximate surface area is 203 Å². The molecule has 0 radical (unpaired) electrons. The van der Waals surface area contributed by atoms with Gasteiger partial charge in [-0.1, -0.05) is 58.3 Å². The summed E-state index contributed by atoms with van der Waals surface area (Å²) < 4.78 is 12.3. The van der Waals surface area contributed by atoms with Gasteiger partial charge in [0.2, 0.25) is 5.91 Å². The van der Waals surface area contributed by atoms with Crippen molar-refractivity contribution in [3.63, 3.8) is 0 Å². The quantitative estimate of drug-likeness (QED) is 0.322. The van der Waals surface area contributed by atoms with E-state index in [4.69, 9.17) is 20.5 Å².